The molecular weight excluding hydrogens is 328 g/mol. The average Bonchev–Trinajstić information content (AvgIpc) is 3.49. The van der Waals surface area contributed by atoms with Gasteiger partial charge in [-0.2, -0.15) is 0 Å². The first-order valence-electron chi connectivity index (χ1n) is 9.09. The molecule has 1 saturated heterocycles. The lowest BCUT2D eigenvalue weighted by atomic mass is 10.1. The van der Waals surface area contributed by atoms with Crippen LogP contribution in [0.1, 0.15) is 29.7 Å². The summed E-state index contributed by atoms with van der Waals surface area (Å²) in [6.45, 7) is 1.75. The van der Waals surface area contributed by atoms with Gasteiger partial charge < -0.3 is 14.5 Å². The molecule has 2 aliphatic rings. The second-order valence-corrected chi connectivity index (χ2v) is 7.18. The molecule has 26 heavy (non-hydrogen) atoms. The number of carbonyl (C=O) groups is 1. The molecule has 1 amide bonds. The van der Waals surface area contributed by atoms with Crippen molar-refractivity contribution in [1.82, 2.24) is 14.9 Å². The summed E-state index contributed by atoms with van der Waals surface area (Å²) in [5.41, 5.74) is 2.10. The van der Waals surface area contributed by atoms with E-state index in [4.69, 9.17) is 4.74 Å². The number of hydrogen-bond acceptors (Lipinski definition) is 5. The summed E-state index contributed by atoms with van der Waals surface area (Å²) in [7, 11) is 3.82. The molecule has 0 unspecified atom stereocenters. The average molecular weight is 352 g/mol. The number of amides is 1. The lowest BCUT2D eigenvalue weighted by Crippen LogP contribution is -2.43. The molecule has 1 aromatic carbocycles. The fraction of sp³-hybridized carbons (Fsp3) is 0.450. The number of aromatic nitrogens is 2. The van der Waals surface area contributed by atoms with Crippen LogP contribution >= 0.6 is 0 Å². The highest BCUT2D eigenvalue weighted by molar-refractivity contribution is 5.83. The van der Waals surface area contributed by atoms with Crippen LogP contribution in [0.5, 0.6) is 0 Å². The molecule has 6 heteroatoms. The van der Waals surface area contributed by atoms with Crippen LogP contribution in [-0.4, -0.2) is 54.6 Å². The van der Waals surface area contributed by atoms with Crippen LogP contribution in [0.3, 0.4) is 0 Å². The van der Waals surface area contributed by atoms with Crippen molar-refractivity contribution in [2.24, 2.45) is 5.92 Å². The topological polar surface area (TPSA) is 58.6 Å². The van der Waals surface area contributed by atoms with E-state index in [-0.39, 0.29) is 17.9 Å². The maximum absolute atomic E-state index is 12.9. The van der Waals surface area contributed by atoms with Crippen LogP contribution in [0.2, 0.25) is 0 Å². The molecule has 1 aliphatic heterocycles. The van der Waals surface area contributed by atoms with E-state index in [1.807, 2.05) is 48.2 Å². The van der Waals surface area contributed by atoms with Gasteiger partial charge in [-0.1, -0.05) is 30.3 Å². The standard InChI is InChI=1S/C20H24N4O2/c1-23(2)20-21-9-8-17(22-20)18-13-24(10-11-26-18)19(25)16-12-15(16)14-6-4-3-5-7-14/h3-9,15-16,18H,10-13H2,1-2H3/t15-,16+,18+/m1/s1. The minimum atomic E-state index is -0.191. The van der Waals surface area contributed by atoms with Gasteiger partial charge in [0.25, 0.3) is 0 Å². The summed E-state index contributed by atoms with van der Waals surface area (Å²) in [6.07, 6.45) is 2.50. The van der Waals surface area contributed by atoms with E-state index in [0.29, 0.717) is 31.6 Å². The van der Waals surface area contributed by atoms with E-state index >= 15 is 0 Å². The van der Waals surface area contributed by atoms with Crippen LogP contribution in [0.25, 0.3) is 0 Å². The number of benzene rings is 1. The van der Waals surface area contributed by atoms with E-state index in [1.165, 1.54) is 5.56 Å². The molecule has 1 aliphatic carbocycles. The number of anilines is 1. The van der Waals surface area contributed by atoms with Gasteiger partial charge in [0, 0.05) is 32.8 Å². The first kappa shape index (κ1) is 17.0. The minimum absolute atomic E-state index is 0.110. The highest BCUT2D eigenvalue weighted by Crippen LogP contribution is 2.48. The second kappa shape index (κ2) is 7.03. The van der Waals surface area contributed by atoms with Crippen molar-refractivity contribution in [2.45, 2.75) is 18.4 Å². The molecule has 1 saturated carbocycles. The normalized spacial score (nSPS) is 25.0. The Morgan fingerprint density at radius 1 is 1.23 bits per heavy atom. The number of morpholine rings is 1. The molecule has 0 spiro atoms. The zero-order valence-electron chi connectivity index (χ0n) is 15.2. The molecule has 0 radical (unpaired) electrons. The number of carbonyl (C=O) groups excluding carboxylic acids is 1. The number of nitrogens with zero attached hydrogens (tertiary/aromatic N) is 4. The Morgan fingerprint density at radius 2 is 2.04 bits per heavy atom. The van der Waals surface area contributed by atoms with Gasteiger partial charge in [0.15, 0.2) is 0 Å². The molecule has 2 fully saturated rings. The van der Waals surface area contributed by atoms with E-state index in [1.54, 1.807) is 6.20 Å². The summed E-state index contributed by atoms with van der Waals surface area (Å²) >= 11 is 0. The van der Waals surface area contributed by atoms with Crippen molar-refractivity contribution in [3.05, 3.63) is 53.9 Å². The molecule has 2 aromatic rings. The van der Waals surface area contributed by atoms with Gasteiger partial charge in [0.05, 0.1) is 18.8 Å². The van der Waals surface area contributed by atoms with Gasteiger partial charge in [-0.05, 0) is 24.0 Å². The van der Waals surface area contributed by atoms with Gasteiger partial charge in [-0.15, -0.1) is 0 Å². The van der Waals surface area contributed by atoms with Crippen LogP contribution in [0.4, 0.5) is 5.95 Å². The van der Waals surface area contributed by atoms with Crippen LogP contribution in [0, 0.1) is 5.92 Å². The smallest absolute Gasteiger partial charge is 0.226 e. The van der Waals surface area contributed by atoms with Gasteiger partial charge in [0.2, 0.25) is 11.9 Å². The van der Waals surface area contributed by atoms with E-state index in [0.717, 1.165) is 12.1 Å². The summed E-state index contributed by atoms with van der Waals surface area (Å²) in [5.74, 6) is 1.37. The van der Waals surface area contributed by atoms with Crippen LogP contribution < -0.4 is 4.90 Å². The highest BCUT2D eigenvalue weighted by Gasteiger charge is 2.46. The molecule has 3 atom stereocenters. The van der Waals surface area contributed by atoms with E-state index in [9.17, 15) is 4.79 Å². The van der Waals surface area contributed by atoms with Crippen molar-refractivity contribution >= 4 is 11.9 Å². The van der Waals surface area contributed by atoms with Crippen molar-refractivity contribution in [3.8, 4) is 0 Å². The third-order valence-corrected chi connectivity index (χ3v) is 5.11. The first-order chi connectivity index (χ1) is 12.6. The van der Waals surface area contributed by atoms with E-state index in [2.05, 4.69) is 22.1 Å². The Balaban J connectivity index is 1.43. The Bertz CT molecular complexity index is 780. The number of rotatable bonds is 4. The molecule has 4 rings (SSSR count). The van der Waals surface area contributed by atoms with Crippen molar-refractivity contribution < 1.29 is 9.53 Å². The minimum Gasteiger partial charge on any atom is -0.368 e. The predicted octanol–water partition coefficient (Wildman–Crippen LogP) is 2.25. The number of ether oxygens (including phenoxy) is 1. The number of hydrogen-bond donors (Lipinski definition) is 0. The van der Waals surface area contributed by atoms with Gasteiger partial charge in [0.1, 0.15) is 6.10 Å². The quantitative estimate of drug-likeness (QED) is 0.845. The Morgan fingerprint density at radius 3 is 2.81 bits per heavy atom. The molecule has 0 bridgehead atoms. The molecule has 1 aromatic heterocycles. The molecule has 6 nitrogen and oxygen atoms in total. The summed E-state index contributed by atoms with van der Waals surface area (Å²) in [4.78, 5) is 25.5. The second-order valence-electron chi connectivity index (χ2n) is 7.18. The van der Waals surface area contributed by atoms with Crippen molar-refractivity contribution in [1.29, 1.82) is 0 Å². The highest BCUT2D eigenvalue weighted by atomic mass is 16.5. The lowest BCUT2D eigenvalue weighted by molar-refractivity contribution is -0.140. The van der Waals surface area contributed by atoms with Gasteiger partial charge in [-0.25, -0.2) is 9.97 Å². The first-order valence-corrected chi connectivity index (χ1v) is 9.09. The van der Waals surface area contributed by atoms with Crippen molar-refractivity contribution in [2.75, 3.05) is 38.7 Å². The SMILES string of the molecule is CN(C)c1nccc([C@@H]2CN(C(=O)[C@H]3C[C@@H]3c3ccccc3)CCO2)n1. The van der Waals surface area contributed by atoms with Crippen LogP contribution in [0.15, 0.2) is 42.6 Å². The van der Waals surface area contributed by atoms with Crippen molar-refractivity contribution in [3.63, 3.8) is 0 Å². The molecule has 136 valence electrons. The Labute approximate surface area is 153 Å². The zero-order chi connectivity index (χ0) is 18.1. The van der Waals surface area contributed by atoms with Crippen LogP contribution in [-0.2, 0) is 9.53 Å². The molecular formula is C20H24N4O2. The maximum atomic E-state index is 12.9. The Hall–Kier alpha value is -2.47. The monoisotopic (exact) mass is 352 g/mol. The third kappa shape index (κ3) is 3.42. The zero-order valence-corrected chi connectivity index (χ0v) is 15.2. The summed E-state index contributed by atoms with van der Waals surface area (Å²) in [5, 5.41) is 0. The maximum Gasteiger partial charge on any atom is 0.226 e. The van der Waals surface area contributed by atoms with E-state index < -0.39 is 0 Å². The molecule has 2 heterocycles. The van der Waals surface area contributed by atoms with Gasteiger partial charge in [-0.3, -0.25) is 4.79 Å². The fourth-order valence-corrected chi connectivity index (χ4v) is 3.56. The summed E-state index contributed by atoms with van der Waals surface area (Å²) in [6, 6.07) is 12.2. The summed E-state index contributed by atoms with van der Waals surface area (Å²) < 4.78 is 5.89. The molecule has 0 N–H and O–H groups in total. The third-order valence-electron chi connectivity index (χ3n) is 5.11. The lowest BCUT2D eigenvalue weighted by Gasteiger charge is -2.33. The van der Waals surface area contributed by atoms with Gasteiger partial charge >= 0.3 is 0 Å². The Kier molecular flexibility index (Phi) is 4.59. The fourth-order valence-electron chi connectivity index (χ4n) is 3.56. The predicted molar refractivity (Wildman–Crippen MR) is 98.9 cm³/mol. The largest absolute Gasteiger partial charge is 0.368 e.